The lowest BCUT2D eigenvalue weighted by Gasteiger charge is -2.56. The van der Waals surface area contributed by atoms with Crippen LogP contribution in [-0.4, -0.2) is 96.4 Å². The van der Waals surface area contributed by atoms with Crippen LogP contribution >= 0.6 is 0 Å². The van der Waals surface area contributed by atoms with Crippen molar-refractivity contribution in [2.75, 3.05) is 19.8 Å². The quantitative estimate of drug-likeness (QED) is 0.298. The first-order valence-electron chi connectivity index (χ1n) is 12.9. The van der Waals surface area contributed by atoms with Gasteiger partial charge < -0.3 is 30.5 Å². The number of amides is 1. The molecule has 6 rings (SSSR count). The average Bonchev–Trinajstić information content (AvgIpc) is 3.23. The van der Waals surface area contributed by atoms with Crippen molar-refractivity contribution in [3.05, 3.63) is 11.9 Å². The van der Waals surface area contributed by atoms with E-state index in [1.807, 2.05) is 0 Å². The van der Waals surface area contributed by atoms with Gasteiger partial charge in [0.05, 0.1) is 55.9 Å². The molecule has 1 aromatic rings. The molecule has 5 fully saturated rings. The third kappa shape index (κ3) is 4.99. The van der Waals surface area contributed by atoms with Gasteiger partial charge in [-0.3, -0.25) is 9.69 Å². The number of nitrogens with zero attached hydrogens (tertiary/aromatic N) is 4. The normalized spacial score (nSPS) is 40.8. The van der Waals surface area contributed by atoms with Crippen molar-refractivity contribution in [1.29, 1.82) is 0 Å². The number of hydrogen-bond donors (Lipinski definition) is 5. The smallest absolute Gasteiger partial charge is 0.217 e. The first-order chi connectivity index (χ1) is 16.8. The van der Waals surface area contributed by atoms with Gasteiger partial charge in [0.15, 0.2) is 0 Å². The van der Waals surface area contributed by atoms with Gasteiger partial charge in [-0.05, 0) is 61.7 Å². The molecule has 5 N–H and O–H groups in total. The molecule has 1 aromatic heterocycles. The Morgan fingerprint density at radius 2 is 1.71 bits per heavy atom. The van der Waals surface area contributed by atoms with Crippen molar-refractivity contribution in [3.8, 4) is 0 Å². The second-order valence-corrected chi connectivity index (χ2v) is 11.5. The van der Waals surface area contributed by atoms with Crippen LogP contribution in [0.1, 0.15) is 51.1 Å². The Morgan fingerprint density at radius 3 is 2.29 bits per heavy atom. The lowest BCUT2D eigenvalue weighted by atomic mass is 9.50. The van der Waals surface area contributed by atoms with E-state index in [4.69, 9.17) is 4.74 Å². The van der Waals surface area contributed by atoms with E-state index in [9.17, 15) is 25.2 Å². The third-order valence-electron chi connectivity index (χ3n) is 8.85. The van der Waals surface area contributed by atoms with Gasteiger partial charge in [-0.15, -0.1) is 5.10 Å². The summed E-state index contributed by atoms with van der Waals surface area (Å²) in [5.74, 6) is 2.24. The van der Waals surface area contributed by atoms with Crippen molar-refractivity contribution < 1.29 is 30.0 Å². The zero-order valence-corrected chi connectivity index (χ0v) is 20.4. The van der Waals surface area contributed by atoms with E-state index in [0.717, 1.165) is 24.4 Å². The van der Waals surface area contributed by atoms with Gasteiger partial charge in [0, 0.05) is 13.5 Å². The fraction of sp³-hybridized carbons (Fsp3) is 0.875. The van der Waals surface area contributed by atoms with E-state index in [1.165, 1.54) is 45.4 Å². The fourth-order valence-corrected chi connectivity index (χ4v) is 7.88. The molecule has 1 saturated heterocycles. The first kappa shape index (κ1) is 25.0. The number of nitrogens with one attached hydrogen (secondary N) is 1. The molecule has 2 heterocycles. The van der Waals surface area contributed by atoms with Gasteiger partial charge in [0.2, 0.25) is 5.91 Å². The number of ether oxygens (including phenoxy) is 1. The molecule has 4 bridgehead atoms. The van der Waals surface area contributed by atoms with Gasteiger partial charge in [-0.1, -0.05) is 5.21 Å². The summed E-state index contributed by atoms with van der Waals surface area (Å²) in [7, 11) is 0. The van der Waals surface area contributed by atoms with Crippen LogP contribution < -0.4 is 5.32 Å². The second-order valence-electron chi connectivity index (χ2n) is 11.5. The Morgan fingerprint density at radius 1 is 1.09 bits per heavy atom. The van der Waals surface area contributed by atoms with Crippen molar-refractivity contribution in [3.63, 3.8) is 0 Å². The number of aromatic nitrogens is 3. The number of hydrogen-bond acceptors (Lipinski definition) is 9. The van der Waals surface area contributed by atoms with Crippen molar-refractivity contribution in [1.82, 2.24) is 25.2 Å². The van der Waals surface area contributed by atoms with Gasteiger partial charge in [0.25, 0.3) is 0 Å². The summed E-state index contributed by atoms with van der Waals surface area (Å²) < 4.78 is 7.77. The minimum Gasteiger partial charge on any atom is -0.395 e. The summed E-state index contributed by atoms with van der Waals surface area (Å²) >= 11 is 0. The van der Waals surface area contributed by atoms with Crippen LogP contribution in [0, 0.1) is 23.2 Å². The van der Waals surface area contributed by atoms with Crippen LogP contribution in [0.5, 0.6) is 0 Å². The third-order valence-corrected chi connectivity index (χ3v) is 8.85. The number of piperidine rings is 1. The molecule has 0 radical (unpaired) electrons. The summed E-state index contributed by atoms with van der Waals surface area (Å²) in [6, 6.07) is -2.44. The Hall–Kier alpha value is -1.63. The summed E-state index contributed by atoms with van der Waals surface area (Å²) in [6.45, 7) is 1.73. The van der Waals surface area contributed by atoms with Crippen molar-refractivity contribution in [2.45, 2.75) is 89.1 Å². The monoisotopic (exact) mass is 493 g/mol. The Kier molecular flexibility index (Phi) is 7.17. The molecule has 35 heavy (non-hydrogen) atoms. The molecular weight excluding hydrogens is 454 g/mol. The maximum atomic E-state index is 11.7. The molecule has 11 nitrogen and oxygen atoms in total. The van der Waals surface area contributed by atoms with E-state index < -0.39 is 36.9 Å². The zero-order chi connectivity index (χ0) is 24.7. The lowest BCUT2D eigenvalue weighted by molar-refractivity contribution is -0.147. The Labute approximate surface area is 205 Å². The summed E-state index contributed by atoms with van der Waals surface area (Å²) in [5, 5.41) is 52.0. The number of rotatable bonds is 9. The average molecular weight is 494 g/mol. The standard InChI is InChI=1S/C24H39N5O6/c1-14(32)25-21-19(10-30)29(20(11-31)22(33)23(21)34)9-18-8-28(27-26-18)13-35-12-24-5-15-2-16(6-24)4-17(3-15)7-24/h8,15-17,19-23,30-31,33-34H,2-7,9-13H2,1H3,(H,25,32)/t15?,16?,17?,19-,20+,21-,22+,23+,24?/m0/s1. The number of carbonyl (C=O) groups excluding carboxylic acids is 1. The predicted octanol–water partition coefficient (Wildman–Crippen LogP) is -0.767. The molecular formula is C24H39N5O6. The van der Waals surface area contributed by atoms with Gasteiger partial charge in [-0.2, -0.15) is 0 Å². The fourth-order valence-electron chi connectivity index (χ4n) is 7.88. The highest BCUT2D eigenvalue weighted by molar-refractivity contribution is 5.73. The maximum absolute atomic E-state index is 11.7. The second kappa shape index (κ2) is 10.0. The summed E-state index contributed by atoms with van der Waals surface area (Å²) in [4.78, 5) is 13.3. The number of carbonyl (C=O) groups is 1. The van der Waals surface area contributed by atoms with E-state index in [0.29, 0.717) is 17.8 Å². The molecule has 1 amide bonds. The molecule has 0 spiro atoms. The van der Waals surface area contributed by atoms with Crippen LogP contribution in [0.25, 0.3) is 0 Å². The lowest BCUT2D eigenvalue weighted by Crippen LogP contribution is -2.71. The molecule has 0 unspecified atom stereocenters. The number of likely N-dealkylation sites (tertiary alicyclic amines) is 1. The number of aliphatic hydroxyl groups excluding tert-OH is 4. The summed E-state index contributed by atoms with van der Waals surface area (Å²) in [5.41, 5.74) is 0.898. The van der Waals surface area contributed by atoms with Crippen molar-refractivity contribution in [2.24, 2.45) is 23.2 Å². The van der Waals surface area contributed by atoms with E-state index in [-0.39, 0.29) is 19.1 Å². The maximum Gasteiger partial charge on any atom is 0.217 e. The molecule has 0 aromatic carbocycles. The highest BCUT2D eigenvalue weighted by atomic mass is 16.5. The first-order valence-corrected chi connectivity index (χ1v) is 12.9. The predicted molar refractivity (Wildman–Crippen MR) is 123 cm³/mol. The van der Waals surface area contributed by atoms with Crippen LogP contribution in [0.3, 0.4) is 0 Å². The molecule has 5 aliphatic rings. The van der Waals surface area contributed by atoms with E-state index in [2.05, 4.69) is 15.6 Å². The van der Waals surface area contributed by atoms with E-state index >= 15 is 0 Å². The molecule has 196 valence electrons. The largest absolute Gasteiger partial charge is 0.395 e. The highest BCUT2D eigenvalue weighted by Crippen LogP contribution is 2.60. The van der Waals surface area contributed by atoms with Crippen LogP contribution in [-0.2, 0) is 22.8 Å². The molecule has 1 aliphatic heterocycles. The highest BCUT2D eigenvalue weighted by Gasteiger charge is 2.51. The minimum atomic E-state index is -1.32. The zero-order valence-electron chi connectivity index (χ0n) is 20.4. The number of aliphatic hydroxyl groups is 4. The Balaban J connectivity index is 1.21. The van der Waals surface area contributed by atoms with Crippen LogP contribution in [0.4, 0.5) is 0 Å². The molecule has 11 heteroatoms. The van der Waals surface area contributed by atoms with E-state index in [1.54, 1.807) is 15.8 Å². The van der Waals surface area contributed by atoms with Gasteiger partial charge in [-0.25, -0.2) is 4.68 Å². The van der Waals surface area contributed by atoms with Gasteiger partial charge >= 0.3 is 0 Å². The molecule has 4 aliphatic carbocycles. The SMILES string of the molecule is CC(=O)N[C@@H]1[C@@H](O)[C@H](O)[C@@H](CO)N(Cc2cn(COCC34CC5CC(CC(C5)C3)C4)nn2)[C@H]1CO. The van der Waals surface area contributed by atoms with Gasteiger partial charge in [0.1, 0.15) is 12.8 Å². The minimum absolute atomic E-state index is 0.172. The van der Waals surface area contributed by atoms with Crippen LogP contribution in [0.2, 0.25) is 0 Å². The molecule has 4 saturated carbocycles. The molecule has 5 atom stereocenters. The topological polar surface area (TPSA) is 153 Å². The van der Waals surface area contributed by atoms with Crippen LogP contribution in [0.15, 0.2) is 6.20 Å². The van der Waals surface area contributed by atoms with Crippen molar-refractivity contribution >= 4 is 5.91 Å². The Bertz CT molecular complexity index is 860. The summed E-state index contributed by atoms with van der Waals surface area (Å²) in [6.07, 6.45) is 7.19.